The molecule has 1 aliphatic rings. The number of nitriles is 1. The molecule has 0 N–H and O–H groups in total. The van der Waals surface area contributed by atoms with Crippen LogP contribution in [0.15, 0.2) is 64.8 Å². The van der Waals surface area contributed by atoms with E-state index in [9.17, 15) is 23.3 Å². The van der Waals surface area contributed by atoms with Gasteiger partial charge in [0.05, 0.1) is 23.2 Å². The molecule has 0 spiro atoms. The van der Waals surface area contributed by atoms with Crippen molar-refractivity contribution >= 4 is 39.3 Å². The highest BCUT2D eigenvalue weighted by Crippen LogP contribution is 2.32. The highest BCUT2D eigenvalue weighted by molar-refractivity contribution is 7.98. The van der Waals surface area contributed by atoms with Crippen LogP contribution in [-0.2, 0) is 21.3 Å². The Labute approximate surface area is 242 Å². The van der Waals surface area contributed by atoms with E-state index < -0.39 is 37.5 Å². The van der Waals surface area contributed by atoms with Gasteiger partial charge in [-0.25, -0.2) is 23.2 Å². The molecule has 0 radical (unpaired) electrons. The Morgan fingerprint density at radius 2 is 2.00 bits per heavy atom. The first-order chi connectivity index (χ1) is 19.7. The maximum Gasteiger partial charge on any atom is 0.343 e. The van der Waals surface area contributed by atoms with Crippen molar-refractivity contribution in [1.29, 1.82) is 5.26 Å². The number of nitro groups is 1. The molecule has 0 unspecified atom stereocenters. The normalized spacial score (nSPS) is 15.1. The average Bonchev–Trinajstić information content (AvgIpc) is 3.45. The fourth-order valence-corrected chi connectivity index (χ4v) is 6.63. The highest BCUT2D eigenvalue weighted by atomic mass is 32.2. The summed E-state index contributed by atoms with van der Waals surface area (Å²) in [6.07, 6.45) is 4.53. The molecule has 2 aromatic carbocycles. The summed E-state index contributed by atoms with van der Waals surface area (Å²) in [5.74, 6) is -0.227. The average molecular weight is 597 g/mol. The van der Waals surface area contributed by atoms with Crippen LogP contribution in [0.1, 0.15) is 41.3 Å². The Morgan fingerprint density at radius 1 is 1.27 bits per heavy atom. The fraction of sp³-hybridized carbons (Fsp3) is 0.333. The van der Waals surface area contributed by atoms with Gasteiger partial charge in [0.15, 0.2) is 10.1 Å². The number of thioether (sulfide) groups is 1. The van der Waals surface area contributed by atoms with Crippen molar-refractivity contribution in [2.75, 3.05) is 30.9 Å². The number of para-hydroxylation sites is 1. The van der Waals surface area contributed by atoms with Crippen molar-refractivity contribution in [3.05, 3.63) is 81.5 Å². The molecule has 4 rings (SSSR count). The van der Waals surface area contributed by atoms with Gasteiger partial charge in [-0.1, -0.05) is 36.0 Å². The molecular weight excluding hydrogens is 568 g/mol. The summed E-state index contributed by atoms with van der Waals surface area (Å²) in [4.78, 5) is 34.1. The summed E-state index contributed by atoms with van der Waals surface area (Å²) in [6.45, 7) is 2.25. The topological polar surface area (TPSA) is 160 Å². The monoisotopic (exact) mass is 596 g/mol. The zero-order valence-electron chi connectivity index (χ0n) is 22.5. The predicted octanol–water partition coefficient (Wildman–Crippen LogP) is 4.01. The summed E-state index contributed by atoms with van der Waals surface area (Å²) in [5, 5.41) is 21.3. The van der Waals surface area contributed by atoms with Gasteiger partial charge in [0.25, 0.3) is 5.69 Å². The SMILES string of the molecule is CCOC(=O)c1cnc(SC)nc1N1CCC[C@H]1CN(Cc1ccc(C#N)cc1)S(=O)(=O)c1ccccc1[N+](=O)[O-]. The molecule has 0 bridgehead atoms. The van der Waals surface area contributed by atoms with Crippen LogP contribution in [0.4, 0.5) is 11.5 Å². The molecule has 1 atom stereocenters. The highest BCUT2D eigenvalue weighted by Gasteiger charge is 2.37. The van der Waals surface area contributed by atoms with Crippen LogP contribution in [0.2, 0.25) is 0 Å². The number of carbonyl (C=O) groups excluding carboxylic acids is 1. The lowest BCUT2D eigenvalue weighted by Gasteiger charge is -2.32. The first-order valence-electron chi connectivity index (χ1n) is 12.8. The zero-order chi connectivity index (χ0) is 29.6. The third-order valence-electron chi connectivity index (χ3n) is 6.61. The second kappa shape index (κ2) is 13.1. The van der Waals surface area contributed by atoms with E-state index in [-0.39, 0.29) is 25.3 Å². The van der Waals surface area contributed by atoms with Crippen LogP contribution in [0.25, 0.3) is 0 Å². The molecular formula is C27H28N6O6S2. The van der Waals surface area contributed by atoms with E-state index in [0.717, 1.165) is 6.07 Å². The molecule has 41 heavy (non-hydrogen) atoms. The standard InChI is InChI=1S/C27H28N6O6S2/c1-3-39-26(34)22-16-29-27(40-2)30-25(22)32-14-6-7-21(32)18-31(17-20-12-10-19(15-28)11-13-20)41(37,38)24-9-5-4-8-23(24)33(35)36/h4-5,8-13,16,21H,3,6-7,14,17-18H2,1-2H3/t21-/m0/s1. The lowest BCUT2D eigenvalue weighted by molar-refractivity contribution is -0.387. The predicted molar refractivity (Wildman–Crippen MR) is 152 cm³/mol. The van der Waals surface area contributed by atoms with Gasteiger partial charge < -0.3 is 9.64 Å². The number of rotatable bonds is 11. The number of carbonyl (C=O) groups is 1. The number of hydrogen-bond donors (Lipinski definition) is 0. The first-order valence-corrected chi connectivity index (χ1v) is 15.4. The minimum absolute atomic E-state index is 0.0325. The van der Waals surface area contributed by atoms with Crippen LogP contribution < -0.4 is 4.90 Å². The molecule has 1 fully saturated rings. The molecule has 0 aliphatic carbocycles. The zero-order valence-corrected chi connectivity index (χ0v) is 24.1. The second-order valence-corrected chi connectivity index (χ2v) is 11.8. The molecule has 14 heteroatoms. The molecule has 0 amide bonds. The Bertz CT molecular complexity index is 1580. The van der Waals surface area contributed by atoms with Gasteiger partial charge in [0.2, 0.25) is 10.0 Å². The van der Waals surface area contributed by atoms with E-state index in [1.54, 1.807) is 31.2 Å². The maximum atomic E-state index is 14.0. The van der Waals surface area contributed by atoms with Gasteiger partial charge in [-0.15, -0.1) is 0 Å². The quantitative estimate of drug-likeness (QED) is 0.103. The Kier molecular flexibility index (Phi) is 9.53. The number of anilines is 1. The number of sulfonamides is 1. The minimum Gasteiger partial charge on any atom is -0.462 e. The molecule has 12 nitrogen and oxygen atoms in total. The van der Waals surface area contributed by atoms with Crippen molar-refractivity contribution in [2.45, 2.75) is 42.4 Å². The van der Waals surface area contributed by atoms with Crippen molar-refractivity contribution in [3.63, 3.8) is 0 Å². The Balaban J connectivity index is 1.76. The molecule has 214 valence electrons. The molecule has 1 aromatic heterocycles. The van der Waals surface area contributed by atoms with E-state index in [0.29, 0.717) is 41.5 Å². The van der Waals surface area contributed by atoms with Crippen molar-refractivity contribution < 1.29 is 22.9 Å². The van der Waals surface area contributed by atoms with Gasteiger partial charge in [-0.05, 0) is 49.8 Å². The molecule has 1 aliphatic heterocycles. The number of hydrogen-bond acceptors (Lipinski definition) is 11. The molecule has 0 saturated carbocycles. The Hall–Kier alpha value is -4.06. The number of esters is 1. The van der Waals surface area contributed by atoms with Gasteiger partial charge in [0, 0.05) is 37.9 Å². The smallest absolute Gasteiger partial charge is 0.343 e. The number of nitro benzene ring substituents is 1. The van der Waals surface area contributed by atoms with Gasteiger partial charge in [-0.3, -0.25) is 10.1 Å². The molecule has 3 aromatic rings. The van der Waals surface area contributed by atoms with Crippen LogP contribution in [0.3, 0.4) is 0 Å². The number of benzene rings is 2. The minimum atomic E-state index is -4.36. The number of ether oxygens (including phenoxy) is 1. The van der Waals surface area contributed by atoms with Crippen LogP contribution >= 0.6 is 11.8 Å². The van der Waals surface area contributed by atoms with E-state index in [1.165, 1.54) is 40.5 Å². The van der Waals surface area contributed by atoms with Gasteiger partial charge in [-0.2, -0.15) is 9.57 Å². The third kappa shape index (κ3) is 6.64. The van der Waals surface area contributed by atoms with Crippen LogP contribution in [0.5, 0.6) is 0 Å². The summed E-state index contributed by atoms with van der Waals surface area (Å²) in [7, 11) is -4.36. The van der Waals surface area contributed by atoms with E-state index >= 15 is 0 Å². The summed E-state index contributed by atoms with van der Waals surface area (Å²) in [6, 6.07) is 13.4. The molecule has 2 heterocycles. The lowest BCUT2D eigenvalue weighted by Crippen LogP contribution is -2.43. The largest absolute Gasteiger partial charge is 0.462 e. The summed E-state index contributed by atoms with van der Waals surface area (Å²) >= 11 is 1.31. The van der Waals surface area contributed by atoms with Gasteiger partial charge >= 0.3 is 5.97 Å². The Morgan fingerprint density at radius 3 is 2.66 bits per heavy atom. The van der Waals surface area contributed by atoms with Crippen molar-refractivity contribution in [1.82, 2.24) is 14.3 Å². The lowest BCUT2D eigenvalue weighted by atomic mass is 10.1. The van der Waals surface area contributed by atoms with Crippen molar-refractivity contribution in [2.24, 2.45) is 0 Å². The molecule has 1 saturated heterocycles. The first kappa shape index (κ1) is 29.9. The maximum absolute atomic E-state index is 14.0. The van der Waals surface area contributed by atoms with Crippen LogP contribution in [0, 0.1) is 21.4 Å². The number of nitrogens with zero attached hydrogens (tertiary/aromatic N) is 6. The van der Waals surface area contributed by atoms with E-state index in [4.69, 9.17) is 10.00 Å². The van der Waals surface area contributed by atoms with Crippen LogP contribution in [-0.4, -0.2) is 65.6 Å². The third-order valence-corrected chi connectivity index (χ3v) is 9.03. The second-order valence-electron chi connectivity index (χ2n) is 9.14. The summed E-state index contributed by atoms with van der Waals surface area (Å²) < 4.78 is 34.5. The van der Waals surface area contributed by atoms with Gasteiger partial charge in [0.1, 0.15) is 11.4 Å². The fourth-order valence-electron chi connectivity index (χ4n) is 4.67. The number of aromatic nitrogens is 2. The van der Waals surface area contributed by atoms with E-state index in [2.05, 4.69) is 9.97 Å². The van der Waals surface area contributed by atoms with E-state index in [1.807, 2.05) is 17.2 Å². The summed E-state index contributed by atoms with van der Waals surface area (Å²) in [5.41, 5.74) is 0.681. The van der Waals surface area contributed by atoms with Crippen molar-refractivity contribution in [3.8, 4) is 6.07 Å².